The number of alkyl halides is 13. The smallest absolute Gasteiger partial charge is 0.338 e. The molecule has 2 N–H and O–H groups in total. The second-order valence-corrected chi connectivity index (χ2v) is 8.10. The predicted octanol–water partition coefficient (Wildman–Crippen LogP) is 8.36. The van der Waals surface area contributed by atoms with Gasteiger partial charge in [-0.3, -0.25) is 0 Å². The molecule has 0 atom stereocenters. The van der Waals surface area contributed by atoms with Gasteiger partial charge < -0.3 is 10.6 Å². The van der Waals surface area contributed by atoms with E-state index in [9.17, 15) is 61.9 Å². The number of urea groups is 1. The summed E-state index contributed by atoms with van der Waals surface area (Å²) in [5.74, 6) is -37.4. The molecule has 37 heavy (non-hydrogen) atoms. The van der Waals surface area contributed by atoms with E-state index >= 15 is 0 Å². The highest BCUT2D eigenvalue weighted by Crippen LogP contribution is 2.62. The van der Waals surface area contributed by atoms with Crippen LogP contribution in [0.5, 0.6) is 0 Å². The minimum atomic E-state index is -7.96. The zero-order valence-electron chi connectivity index (χ0n) is 19.1. The van der Waals surface area contributed by atoms with Crippen molar-refractivity contribution in [3.05, 3.63) is 29.8 Å². The number of rotatable bonds is 13. The normalized spacial score (nSPS) is 14.0. The highest BCUT2D eigenvalue weighted by atomic mass is 19.4. The van der Waals surface area contributed by atoms with E-state index in [1.807, 2.05) is 6.92 Å². The van der Waals surface area contributed by atoms with E-state index in [0.717, 1.165) is 32.1 Å². The maximum absolute atomic E-state index is 14.2. The molecule has 1 aromatic rings. The Hall–Kier alpha value is -2.42. The number of halogens is 13. The summed E-state index contributed by atoms with van der Waals surface area (Å²) in [4.78, 5) is 11.8. The van der Waals surface area contributed by atoms with E-state index in [1.54, 1.807) is 0 Å². The Morgan fingerprint density at radius 2 is 1.11 bits per heavy atom. The van der Waals surface area contributed by atoms with E-state index in [4.69, 9.17) is 0 Å². The number of amides is 2. The Kier molecular flexibility index (Phi) is 10.2. The molecule has 0 bridgehead atoms. The topological polar surface area (TPSA) is 41.1 Å². The van der Waals surface area contributed by atoms with Crippen molar-refractivity contribution in [2.75, 3.05) is 11.9 Å². The van der Waals surface area contributed by atoms with Crippen LogP contribution in [0.4, 0.5) is 67.6 Å². The molecule has 1 rings (SSSR count). The van der Waals surface area contributed by atoms with Gasteiger partial charge in [0.1, 0.15) is 0 Å². The minimum Gasteiger partial charge on any atom is -0.338 e. The van der Waals surface area contributed by atoms with Crippen LogP contribution in [0.25, 0.3) is 0 Å². The third-order valence-electron chi connectivity index (χ3n) is 5.25. The second kappa shape index (κ2) is 11.5. The number of benzene rings is 1. The first-order valence-electron chi connectivity index (χ1n) is 10.8. The number of nitrogens with one attached hydrogen (secondary N) is 2. The summed E-state index contributed by atoms with van der Waals surface area (Å²) in [6.07, 6.45) is -2.04. The average Bonchev–Trinajstić information content (AvgIpc) is 2.77. The third kappa shape index (κ3) is 6.54. The highest BCUT2D eigenvalue weighted by Gasteiger charge is 2.90. The van der Waals surface area contributed by atoms with E-state index in [1.165, 1.54) is 0 Å². The first-order valence-corrected chi connectivity index (χ1v) is 10.8. The van der Waals surface area contributed by atoms with Gasteiger partial charge in [0.25, 0.3) is 0 Å². The lowest BCUT2D eigenvalue weighted by molar-refractivity contribution is -0.441. The van der Waals surface area contributed by atoms with E-state index in [2.05, 4.69) is 10.6 Å². The van der Waals surface area contributed by atoms with Gasteiger partial charge in [-0.1, -0.05) is 51.2 Å². The molecule has 0 aliphatic carbocycles. The van der Waals surface area contributed by atoms with Gasteiger partial charge >= 0.3 is 41.8 Å². The van der Waals surface area contributed by atoms with Crippen molar-refractivity contribution in [3.63, 3.8) is 0 Å². The van der Waals surface area contributed by atoms with Crippen LogP contribution in [0.3, 0.4) is 0 Å². The molecule has 0 aliphatic heterocycles. The Balaban J connectivity index is 2.98. The van der Waals surface area contributed by atoms with Crippen LogP contribution >= 0.6 is 0 Å². The standard InChI is InChI=1S/C21H23F13N2O/c1-2-3-4-5-6-7-12-35-15(37)36-14-10-8-13(9-11-14)16(22,23)17(24,25)18(26,27)19(28,29)20(30,31)21(32,33)34/h8-11H,2-7,12H2,1H3,(H2,35,36,37). The van der Waals surface area contributed by atoms with Gasteiger partial charge in [-0.15, -0.1) is 0 Å². The van der Waals surface area contributed by atoms with Gasteiger partial charge in [-0.2, -0.15) is 57.1 Å². The first kappa shape index (κ1) is 32.6. The van der Waals surface area contributed by atoms with Crippen LogP contribution in [0.2, 0.25) is 0 Å². The van der Waals surface area contributed by atoms with Gasteiger partial charge in [0.15, 0.2) is 0 Å². The highest BCUT2D eigenvalue weighted by molar-refractivity contribution is 5.89. The van der Waals surface area contributed by atoms with Crippen molar-refractivity contribution in [2.24, 2.45) is 0 Å². The SMILES string of the molecule is CCCCCCCCNC(=O)Nc1ccc(C(F)(F)C(F)(F)C(F)(F)C(F)(F)C(F)(F)C(F)(F)F)cc1. The maximum atomic E-state index is 14.2. The molecule has 0 spiro atoms. The largest absolute Gasteiger partial charge is 0.460 e. The Morgan fingerprint density at radius 1 is 0.649 bits per heavy atom. The fourth-order valence-electron chi connectivity index (χ4n) is 3.00. The van der Waals surface area contributed by atoms with E-state index < -0.39 is 47.4 Å². The molecule has 0 aromatic heterocycles. The molecule has 214 valence electrons. The molecule has 3 nitrogen and oxygen atoms in total. The van der Waals surface area contributed by atoms with Gasteiger partial charge in [0.2, 0.25) is 0 Å². The van der Waals surface area contributed by atoms with Crippen molar-refractivity contribution >= 4 is 11.7 Å². The molecule has 1 aromatic carbocycles. The zero-order chi connectivity index (χ0) is 28.9. The quantitative estimate of drug-likeness (QED) is 0.183. The van der Waals surface area contributed by atoms with Crippen LogP contribution in [0, 0.1) is 0 Å². The number of hydrogen-bond donors (Lipinski definition) is 2. The summed E-state index contributed by atoms with van der Waals surface area (Å²) < 4.78 is 172. The van der Waals surface area contributed by atoms with Crippen LogP contribution < -0.4 is 10.6 Å². The molecule has 0 radical (unpaired) electrons. The lowest BCUT2D eigenvalue weighted by Crippen LogP contribution is -2.69. The monoisotopic (exact) mass is 566 g/mol. The number of anilines is 1. The molecular weight excluding hydrogens is 543 g/mol. The lowest BCUT2D eigenvalue weighted by Gasteiger charge is -2.39. The summed E-state index contributed by atoms with van der Waals surface area (Å²) in [7, 11) is 0. The Morgan fingerprint density at radius 3 is 1.59 bits per heavy atom. The molecule has 0 saturated heterocycles. The van der Waals surface area contributed by atoms with Crippen molar-refractivity contribution < 1.29 is 61.9 Å². The third-order valence-corrected chi connectivity index (χ3v) is 5.25. The Bertz CT molecular complexity index is 883. The van der Waals surface area contributed by atoms with Crippen LogP contribution in [-0.2, 0) is 5.92 Å². The Labute approximate surface area is 202 Å². The van der Waals surface area contributed by atoms with Gasteiger partial charge in [0, 0.05) is 17.8 Å². The van der Waals surface area contributed by atoms with Crippen molar-refractivity contribution in [1.82, 2.24) is 5.32 Å². The number of unbranched alkanes of at least 4 members (excludes halogenated alkanes) is 5. The summed E-state index contributed by atoms with van der Waals surface area (Å²) in [5, 5.41) is 4.48. The van der Waals surface area contributed by atoms with E-state index in [-0.39, 0.29) is 24.4 Å². The zero-order valence-corrected chi connectivity index (χ0v) is 19.1. The molecule has 2 amide bonds. The second-order valence-electron chi connectivity index (χ2n) is 8.10. The van der Waals surface area contributed by atoms with Gasteiger partial charge in [0.05, 0.1) is 0 Å². The van der Waals surface area contributed by atoms with Gasteiger partial charge in [-0.05, 0) is 18.6 Å². The number of hydrogen-bond acceptors (Lipinski definition) is 1. The maximum Gasteiger partial charge on any atom is 0.460 e. The van der Waals surface area contributed by atoms with Crippen molar-refractivity contribution in [2.45, 2.75) is 81.2 Å². The van der Waals surface area contributed by atoms with Crippen molar-refractivity contribution in [1.29, 1.82) is 0 Å². The molecule has 0 aliphatic rings. The first-order chi connectivity index (χ1) is 16.7. The van der Waals surface area contributed by atoms with Crippen LogP contribution in [-0.4, -0.2) is 42.4 Å². The number of carbonyl (C=O) groups excluding carboxylic acids is 1. The molecule has 0 fully saturated rings. The van der Waals surface area contributed by atoms with E-state index in [0.29, 0.717) is 18.6 Å². The molecular formula is C21H23F13N2O. The molecule has 0 saturated carbocycles. The minimum absolute atomic E-state index is 0.0205. The molecule has 16 heteroatoms. The van der Waals surface area contributed by atoms with Crippen LogP contribution in [0.1, 0.15) is 51.0 Å². The fourth-order valence-corrected chi connectivity index (χ4v) is 3.00. The predicted molar refractivity (Wildman–Crippen MR) is 107 cm³/mol. The summed E-state index contributed by atoms with van der Waals surface area (Å²) in [6, 6.07) is 0.0499. The molecule has 0 heterocycles. The summed E-state index contributed by atoms with van der Waals surface area (Å²) in [6.45, 7) is 2.24. The van der Waals surface area contributed by atoms with Gasteiger partial charge in [-0.25, -0.2) is 4.79 Å². The number of carbonyl (C=O) groups is 1. The summed E-state index contributed by atoms with van der Waals surface area (Å²) in [5.41, 5.74) is -2.47. The molecule has 0 unspecified atom stereocenters. The summed E-state index contributed by atoms with van der Waals surface area (Å²) >= 11 is 0. The fraction of sp³-hybridized carbons (Fsp3) is 0.667. The van der Waals surface area contributed by atoms with Crippen LogP contribution in [0.15, 0.2) is 24.3 Å². The average molecular weight is 566 g/mol. The lowest BCUT2D eigenvalue weighted by atomic mass is 9.90. The van der Waals surface area contributed by atoms with Crippen molar-refractivity contribution in [3.8, 4) is 0 Å².